The number of rotatable bonds is 7. The molecule has 0 amide bonds. The van der Waals surface area contributed by atoms with E-state index in [9.17, 15) is 0 Å². The van der Waals surface area contributed by atoms with Gasteiger partial charge >= 0.3 is 0 Å². The number of aromatic nitrogens is 4. The van der Waals surface area contributed by atoms with Gasteiger partial charge in [0.05, 0.1) is 5.69 Å². The molecule has 118 valence electrons. The Morgan fingerprint density at radius 1 is 1.00 bits per heavy atom. The highest BCUT2D eigenvalue weighted by Gasteiger charge is 2.07. The Morgan fingerprint density at radius 3 is 2.43 bits per heavy atom. The number of para-hydroxylation sites is 2. The van der Waals surface area contributed by atoms with E-state index >= 15 is 0 Å². The molecule has 6 heteroatoms. The molecule has 23 heavy (non-hydrogen) atoms. The first kappa shape index (κ1) is 15.0. The highest BCUT2D eigenvalue weighted by atomic mass is 15.6. The van der Waals surface area contributed by atoms with Gasteiger partial charge in [0.2, 0.25) is 5.95 Å². The van der Waals surface area contributed by atoms with Crippen molar-refractivity contribution in [3.63, 3.8) is 0 Å². The van der Waals surface area contributed by atoms with Gasteiger partial charge < -0.3 is 10.2 Å². The van der Waals surface area contributed by atoms with E-state index in [4.69, 9.17) is 0 Å². The molecule has 6 nitrogen and oxygen atoms in total. The molecule has 0 bridgehead atoms. The predicted molar refractivity (Wildman–Crippen MR) is 92.0 cm³/mol. The number of nitrogens with zero attached hydrogens (tertiary/aromatic N) is 5. The van der Waals surface area contributed by atoms with E-state index in [2.05, 4.69) is 57.1 Å². The molecule has 0 unspecified atom stereocenters. The third-order valence-electron chi connectivity index (χ3n) is 3.62. The second kappa shape index (κ2) is 7.40. The summed E-state index contributed by atoms with van der Waals surface area (Å²) in [6.45, 7) is 1.77. The monoisotopic (exact) mass is 308 g/mol. The molecule has 0 aliphatic carbocycles. The minimum absolute atomic E-state index is 0.665. The van der Waals surface area contributed by atoms with Crippen LogP contribution in [0.3, 0.4) is 0 Å². The first-order valence-electron chi connectivity index (χ1n) is 7.68. The van der Waals surface area contributed by atoms with Crippen LogP contribution in [-0.2, 0) is 0 Å². The van der Waals surface area contributed by atoms with Crippen LogP contribution in [0.5, 0.6) is 0 Å². The van der Waals surface area contributed by atoms with Crippen molar-refractivity contribution in [1.29, 1.82) is 0 Å². The van der Waals surface area contributed by atoms with Crippen molar-refractivity contribution in [2.45, 2.75) is 6.42 Å². The van der Waals surface area contributed by atoms with E-state index in [1.807, 2.05) is 36.4 Å². The molecule has 0 spiro atoms. The second-order valence-corrected chi connectivity index (χ2v) is 5.29. The highest BCUT2D eigenvalue weighted by Crippen LogP contribution is 2.12. The number of nitrogens with one attached hydrogen (secondary N) is 1. The van der Waals surface area contributed by atoms with Crippen molar-refractivity contribution in [3.8, 4) is 5.69 Å². The van der Waals surface area contributed by atoms with Gasteiger partial charge in [-0.3, -0.25) is 0 Å². The molecule has 0 saturated heterocycles. The van der Waals surface area contributed by atoms with Crippen molar-refractivity contribution in [2.75, 3.05) is 30.4 Å². The first-order valence-corrected chi connectivity index (χ1v) is 7.68. The van der Waals surface area contributed by atoms with Crippen LogP contribution < -0.4 is 10.2 Å². The third-order valence-corrected chi connectivity index (χ3v) is 3.62. The number of benzene rings is 2. The Bertz CT molecular complexity index is 710. The number of hydrogen-bond acceptors (Lipinski definition) is 5. The molecule has 1 aromatic heterocycles. The molecule has 2 aromatic carbocycles. The summed E-state index contributed by atoms with van der Waals surface area (Å²) in [6.07, 6.45) is 0.993. The maximum Gasteiger partial charge on any atom is 0.247 e. The summed E-state index contributed by atoms with van der Waals surface area (Å²) < 4.78 is 1.71. The van der Waals surface area contributed by atoms with Crippen LogP contribution in [0, 0.1) is 0 Å². The summed E-state index contributed by atoms with van der Waals surface area (Å²) >= 11 is 0. The maximum absolute atomic E-state index is 4.04. The van der Waals surface area contributed by atoms with Gasteiger partial charge in [-0.2, -0.15) is 4.68 Å². The van der Waals surface area contributed by atoms with Crippen molar-refractivity contribution >= 4 is 11.6 Å². The van der Waals surface area contributed by atoms with Gasteiger partial charge in [-0.15, -0.1) is 0 Å². The van der Waals surface area contributed by atoms with Gasteiger partial charge in [0.25, 0.3) is 0 Å². The number of anilines is 2. The summed E-state index contributed by atoms with van der Waals surface area (Å²) in [5, 5.41) is 15.1. The molecular weight excluding hydrogens is 288 g/mol. The average molecular weight is 308 g/mol. The predicted octanol–water partition coefficient (Wildman–Crippen LogP) is 2.60. The van der Waals surface area contributed by atoms with Gasteiger partial charge in [-0.25, -0.2) is 0 Å². The zero-order chi connectivity index (χ0) is 15.9. The Kier molecular flexibility index (Phi) is 4.83. The summed E-state index contributed by atoms with van der Waals surface area (Å²) in [4.78, 5) is 2.24. The van der Waals surface area contributed by atoms with Crippen LogP contribution in [0.4, 0.5) is 11.6 Å². The Morgan fingerprint density at radius 2 is 1.70 bits per heavy atom. The smallest absolute Gasteiger partial charge is 0.247 e. The molecule has 0 atom stereocenters. The van der Waals surface area contributed by atoms with Gasteiger partial charge in [0.1, 0.15) is 0 Å². The SMILES string of the molecule is CN(CCCNc1nnnn1-c1ccccc1)c1ccccc1. The molecule has 0 aliphatic heterocycles. The quantitative estimate of drug-likeness (QED) is 0.680. The fourth-order valence-electron chi connectivity index (χ4n) is 2.37. The lowest BCUT2D eigenvalue weighted by Gasteiger charge is -2.19. The molecule has 1 N–H and O–H groups in total. The fourth-order valence-corrected chi connectivity index (χ4v) is 2.37. The fraction of sp³-hybridized carbons (Fsp3) is 0.235. The molecular formula is C17H20N6. The van der Waals surface area contributed by atoms with E-state index < -0.39 is 0 Å². The Balaban J connectivity index is 1.51. The number of tetrazole rings is 1. The van der Waals surface area contributed by atoms with Crippen LogP contribution in [0.1, 0.15) is 6.42 Å². The highest BCUT2D eigenvalue weighted by molar-refractivity contribution is 5.45. The standard InChI is InChI=1S/C17H20N6/c1-22(15-9-4-2-5-10-15)14-8-13-18-17-19-20-21-23(17)16-11-6-3-7-12-16/h2-7,9-12H,8,13-14H2,1H3,(H,18,19,21). The molecule has 1 heterocycles. The van der Waals surface area contributed by atoms with Crippen LogP contribution in [0.2, 0.25) is 0 Å². The zero-order valence-corrected chi connectivity index (χ0v) is 13.1. The lowest BCUT2D eigenvalue weighted by atomic mass is 10.3. The Hall–Kier alpha value is -2.89. The molecule has 0 radical (unpaired) electrons. The zero-order valence-electron chi connectivity index (χ0n) is 13.1. The van der Waals surface area contributed by atoms with Gasteiger partial charge in [0, 0.05) is 25.8 Å². The minimum atomic E-state index is 0.665. The van der Waals surface area contributed by atoms with Crippen molar-refractivity contribution < 1.29 is 0 Å². The Labute approximate surface area is 135 Å². The maximum atomic E-state index is 4.04. The topological polar surface area (TPSA) is 58.9 Å². The van der Waals surface area contributed by atoms with Crippen molar-refractivity contribution in [3.05, 3.63) is 60.7 Å². The van der Waals surface area contributed by atoms with E-state index in [1.54, 1.807) is 4.68 Å². The largest absolute Gasteiger partial charge is 0.375 e. The summed E-state index contributed by atoms with van der Waals surface area (Å²) in [6, 6.07) is 20.2. The van der Waals surface area contributed by atoms with Gasteiger partial charge in [-0.1, -0.05) is 41.5 Å². The van der Waals surface area contributed by atoms with Gasteiger partial charge in [-0.05, 0) is 41.1 Å². The summed E-state index contributed by atoms with van der Waals surface area (Å²) in [5.74, 6) is 0.665. The summed E-state index contributed by atoms with van der Waals surface area (Å²) in [7, 11) is 2.10. The van der Waals surface area contributed by atoms with E-state index in [0.717, 1.165) is 25.2 Å². The average Bonchev–Trinajstić information content (AvgIpc) is 3.08. The molecule has 0 saturated carbocycles. The van der Waals surface area contributed by atoms with Crippen LogP contribution in [0.15, 0.2) is 60.7 Å². The van der Waals surface area contributed by atoms with E-state index in [-0.39, 0.29) is 0 Å². The number of hydrogen-bond donors (Lipinski definition) is 1. The van der Waals surface area contributed by atoms with Crippen molar-refractivity contribution in [1.82, 2.24) is 20.2 Å². The van der Waals surface area contributed by atoms with E-state index in [1.165, 1.54) is 5.69 Å². The van der Waals surface area contributed by atoms with Gasteiger partial charge in [0.15, 0.2) is 0 Å². The van der Waals surface area contributed by atoms with Crippen molar-refractivity contribution in [2.24, 2.45) is 0 Å². The third kappa shape index (κ3) is 3.85. The molecule has 3 rings (SSSR count). The minimum Gasteiger partial charge on any atom is -0.375 e. The molecule has 3 aromatic rings. The normalized spacial score (nSPS) is 10.5. The second-order valence-electron chi connectivity index (χ2n) is 5.29. The lowest BCUT2D eigenvalue weighted by Crippen LogP contribution is -2.21. The van der Waals surface area contributed by atoms with E-state index in [0.29, 0.717) is 5.95 Å². The summed E-state index contributed by atoms with van der Waals surface area (Å²) in [5.41, 5.74) is 2.17. The van der Waals surface area contributed by atoms with Crippen LogP contribution >= 0.6 is 0 Å². The van der Waals surface area contributed by atoms with Crippen LogP contribution in [-0.4, -0.2) is 40.3 Å². The molecule has 0 aliphatic rings. The first-order chi connectivity index (χ1) is 11.3. The molecule has 0 fully saturated rings. The lowest BCUT2D eigenvalue weighted by molar-refractivity contribution is 0.781. The van der Waals surface area contributed by atoms with Crippen LogP contribution in [0.25, 0.3) is 5.69 Å².